The van der Waals surface area contributed by atoms with E-state index in [-0.39, 0.29) is 18.0 Å². The van der Waals surface area contributed by atoms with Crippen LogP contribution in [-0.4, -0.2) is 27.2 Å². The lowest BCUT2D eigenvalue weighted by Gasteiger charge is -2.09. The Balaban J connectivity index is 1.96. The number of carbonyl (C=O) groups excluding carboxylic acids is 1. The Hall–Kier alpha value is -4.07. The van der Waals surface area contributed by atoms with Gasteiger partial charge in [-0.1, -0.05) is 12.1 Å². The number of aromatic hydroxyl groups is 1. The van der Waals surface area contributed by atoms with Crippen molar-refractivity contribution < 1.29 is 24.0 Å². The molecule has 8 nitrogen and oxygen atoms in total. The van der Waals surface area contributed by atoms with E-state index in [1.54, 1.807) is 44.4 Å². The normalized spacial score (nSPS) is 11.0. The molecule has 0 saturated carbocycles. The lowest BCUT2D eigenvalue weighted by atomic mass is 10.0. The molecule has 0 amide bonds. The molecule has 0 fully saturated rings. The third-order valence-electron chi connectivity index (χ3n) is 5.18. The monoisotopic (exact) mass is 420 g/mol. The van der Waals surface area contributed by atoms with E-state index in [9.17, 15) is 20.0 Å². The Bertz CT molecular complexity index is 1290. The van der Waals surface area contributed by atoms with E-state index in [0.717, 1.165) is 0 Å². The van der Waals surface area contributed by atoms with Gasteiger partial charge < -0.3 is 18.8 Å². The minimum atomic E-state index is -0.484. The maximum Gasteiger partial charge on any atom is 0.340 e. The van der Waals surface area contributed by atoms with Gasteiger partial charge in [-0.25, -0.2) is 4.79 Å². The number of phenolic OH excluding ortho intramolecular Hbond substituents is 1. The molecule has 0 atom stereocenters. The molecule has 0 aliphatic rings. The second-order valence-electron chi connectivity index (χ2n) is 7.04. The predicted octanol–water partition coefficient (Wildman–Crippen LogP) is 5.05. The highest BCUT2D eigenvalue weighted by atomic mass is 16.6. The fourth-order valence-corrected chi connectivity index (χ4v) is 3.75. The summed E-state index contributed by atoms with van der Waals surface area (Å²) in [6.45, 7) is 4.13. The van der Waals surface area contributed by atoms with Crippen LogP contribution in [-0.2, 0) is 11.3 Å². The molecule has 1 N–H and O–H groups in total. The molecule has 31 heavy (non-hydrogen) atoms. The summed E-state index contributed by atoms with van der Waals surface area (Å²) in [4.78, 5) is 23.4. The number of phenols is 1. The number of nitro benzene ring substituents is 1. The van der Waals surface area contributed by atoms with Crippen LogP contribution in [0.5, 0.6) is 5.75 Å². The number of fused-ring (bicyclic) bond motifs is 1. The SMILES string of the molecule is CCOC(=O)c1c(C)n(Cc2ccco2)c2cc(-c3cccc([N+](=O)[O-])c3)c(O)cc12. The second kappa shape index (κ2) is 7.98. The van der Waals surface area contributed by atoms with Gasteiger partial charge in [-0.05, 0) is 43.7 Å². The van der Waals surface area contributed by atoms with E-state index in [4.69, 9.17) is 9.15 Å². The van der Waals surface area contributed by atoms with Crippen molar-refractivity contribution in [1.29, 1.82) is 0 Å². The zero-order chi connectivity index (χ0) is 22.1. The first kappa shape index (κ1) is 20.2. The number of ether oxygens (including phenoxy) is 1. The molecule has 2 aromatic heterocycles. The van der Waals surface area contributed by atoms with Gasteiger partial charge >= 0.3 is 5.97 Å². The van der Waals surface area contributed by atoms with Crippen molar-refractivity contribution in [3.8, 4) is 16.9 Å². The summed E-state index contributed by atoms with van der Waals surface area (Å²) in [6.07, 6.45) is 1.57. The van der Waals surface area contributed by atoms with E-state index >= 15 is 0 Å². The number of rotatable bonds is 6. The molecule has 2 heterocycles. The summed E-state index contributed by atoms with van der Waals surface area (Å²) in [7, 11) is 0. The van der Waals surface area contributed by atoms with Gasteiger partial charge in [0.05, 0.1) is 35.4 Å². The number of furan rings is 1. The molecule has 0 saturated heterocycles. The molecule has 0 unspecified atom stereocenters. The van der Waals surface area contributed by atoms with Crippen LogP contribution >= 0.6 is 0 Å². The van der Waals surface area contributed by atoms with Crippen LogP contribution < -0.4 is 0 Å². The first-order valence-electron chi connectivity index (χ1n) is 9.70. The zero-order valence-corrected chi connectivity index (χ0v) is 17.0. The first-order valence-corrected chi connectivity index (χ1v) is 9.70. The average molecular weight is 420 g/mol. The highest BCUT2D eigenvalue weighted by Gasteiger charge is 2.24. The lowest BCUT2D eigenvalue weighted by molar-refractivity contribution is -0.384. The number of hydrogen-bond donors (Lipinski definition) is 1. The zero-order valence-electron chi connectivity index (χ0n) is 17.0. The van der Waals surface area contributed by atoms with Crippen LogP contribution in [0.3, 0.4) is 0 Å². The number of non-ortho nitro benzene ring substituents is 1. The van der Waals surface area contributed by atoms with E-state index in [0.29, 0.717) is 45.6 Å². The van der Waals surface area contributed by atoms with E-state index in [1.807, 2.05) is 10.6 Å². The molecule has 8 heteroatoms. The number of nitro groups is 1. The van der Waals surface area contributed by atoms with Gasteiger partial charge in [0.25, 0.3) is 5.69 Å². The molecular weight excluding hydrogens is 400 g/mol. The van der Waals surface area contributed by atoms with Crippen molar-refractivity contribution in [3.63, 3.8) is 0 Å². The van der Waals surface area contributed by atoms with Crippen LogP contribution in [0.4, 0.5) is 5.69 Å². The lowest BCUT2D eigenvalue weighted by Crippen LogP contribution is -2.08. The fourth-order valence-electron chi connectivity index (χ4n) is 3.75. The fraction of sp³-hybridized carbons (Fsp3) is 0.174. The van der Waals surface area contributed by atoms with Gasteiger partial charge in [0, 0.05) is 28.8 Å². The van der Waals surface area contributed by atoms with Crippen LogP contribution in [0, 0.1) is 17.0 Å². The van der Waals surface area contributed by atoms with Gasteiger partial charge in [0.2, 0.25) is 0 Å². The van der Waals surface area contributed by atoms with Gasteiger partial charge in [0.15, 0.2) is 0 Å². The molecule has 2 aromatic carbocycles. The maximum absolute atomic E-state index is 12.7. The Kier molecular flexibility index (Phi) is 5.21. The number of hydrogen-bond acceptors (Lipinski definition) is 6. The van der Waals surface area contributed by atoms with E-state index < -0.39 is 10.9 Å². The predicted molar refractivity (Wildman–Crippen MR) is 114 cm³/mol. The van der Waals surface area contributed by atoms with Crippen LogP contribution in [0.25, 0.3) is 22.0 Å². The van der Waals surface area contributed by atoms with Gasteiger partial charge in [-0.3, -0.25) is 10.1 Å². The molecule has 4 rings (SSSR count). The Morgan fingerprint density at radius 2 is 2.03 bits per heavy atom. The van der Waals surface area contributed by atoms with Gasteiger partial charge in [-0.15, -0.1) is 0 Å². The van der Waals surface area contributed by atoms with Crippen molar-refractivity contribution in [2.45, 2.75) is 20.4 Å². The third kappa shape index (κ3) is 3.63. The standard InChI is InChI=1S/C23H20N2O6/c1-3-30-23(27)22-14(2)24(13-17-8-5-9-31-17)20-11-18(21(26)12-19(20)22)15-6-4-7-16(10-15)25(28)29/h4-12,26H,3,13H2,1-2H3. The van der Waals surface area contributed by atoms with Crippen molar-refractivity contribution in [3.05, 3.63) is 81.9 Å². The second-order valence-corrected chi connectivity index (χ2v) is 7.04. The number of carbonyl (C=O) groups is 1. The molecule has 0 radical (unpaired) electrons. The topological polar surface area (TPSA) is 108 Å². The maximum atomic E-state index is 12.7. The van der Waals surface area contributed by atoms with E-state index in [2.05, 4.69) is 0 Å². The molecule has 0 aliphatic carbocycles. The largest absolute Gasteiger partial charge is 0.507 e. The summed E-state index contributed by atoms with van der Waals surface area (Å²) >= 11 is 0. The first-order chi connectivity index (χ1) is 14.9. The van der Waals surface area contributed by atoms with Crippen LogP contribution in [0.1, 0.15) is 28.7 Å². The molecule has 0 aliphatic heterocycles. The summed E-state index contributed by atoms with van der Waals surface area (Å²) in [5.41, 5.74) is 2.55. The molecular formula is C23H20N2O6. The molecule has 0 spiro atoms. The van der Waals surface area contributed by atoms with Crippen LogP contribution in [0.15, 0.2) is 59.2 Å². The minimum absolute atomic E-state index is 0.0774. The average Bonchev–Trinajstić information content (AvgIpc) is 3.34. The summed E-state index contributed by atoms with van der Waals surface area (Å²) in [6, 6.07) is 12.9. The van der Waals surface area contributed by atoms with Crippen LogP contribution in [0.2, 0.25) is 0 Å². The Morgan fingerprint density at radius 1 is 1.23 bits per heavy atom. The third-order valence-corrected chi connectivity index (χ3v) is 5.18. The molecule has 158 valence electrons. The highest BCUT2D eigenvalue weighted by Crippen LogP contribution is 2.38. The number of aromatic nitrogens is 1. The van der Waals surface area contributed by atoms with Gasteiger partial charge in [-0.2, -0.15) is 0 Å². The van der Waals surface area contributed by atoms with E-state index in [1.165, 1.54) is 18.2 Å². The Morgan fingerprint density at radius 3 is 2.71 bits per heavy atom. The van der Waals surface area contributed by atoms with Crippen molar-refractivity contribution in [1.82, 2.24) is 4.57 Å². The number of benzene rings is 2. The summed E-state index contributed by atoms with van der Waals surface area (Å²) < 4.78 is 12.6. The summed E-state index contributed by atoms with van der Waals surface area (Å²) in [5, 5.41) is 22.4. The quantitative estimate of drug-likeness (QED) is 0.266. The van der Waals surface area contributed by atoms with Crippen molar-refractivity contribution in [2.24, 2.45) is 0 Å². The highest BCUT2D eigenvalue weighted by molar-refractivity contribution is 6.07. The van der Waals surface area contributed by atoms with Crippen molar-refractivity contribution in [2.75, 3.05) is 6.61 Å². The minimum Gasteiger partial charge on any atom is -0.507 e. The smallest absolute Gasteiger partial charge is 0.340 e. The molecule has 0 bridgehead atoms. The number of esters is 1. The van der Waals surface area contributed by atoms with Gasteiger partial charge in [0.1, 0.15) is 11.5 Å². The summed E-state index contributed by atoms with van der Waals surface area (Å²) in [5.74, 6) is 0.125. The van der Waals surface area contributed by atoms with Crippen molar-refractivity contribution >= 4 is 22.6 Å². The Labute approximate surface area is 177 Å². The molecule has 4 aromatic rings. The number of nitrogens with zero attached hydrogens (tertiary/aromatic N) is 2.